The molecule has 1 saturated heterocycles. The molecule has 1 aromatic carbocycles. The monoisotopic (exact) mass is 272 g/mol. The summed E-state index contributed by atoms with van der Waals surface area (Å²) in [4.78, 5) is 13.7. The van der Waals surface area contributed by atoms with E-state index in [-0.39, 0.29) is 11.9 Å². The van der Waals surface area contributed by atoms with Gasteiger partial charge in [0, 0.05) is 0 Å². The maximum Gasteiger partial charge on any atom is 0.282 e. The molecule has 2 rings (SSSR count). The third-order valence-corrected chi connectivity index (χ3v) is 4.23. The molecule has 0 aliphatic carbocycles. The number of nitrogens with zero attached hydrogens (tertiary/aromatic N) is 1. The predicted molar refractivity (Wildman–Crippen MR) is 78.3 cm³/mol. The molecule has 1 aliphatic heterocycles. The highest BCUT2D eigenvalue weighted by molar-refractivity contribution is 5.94. The summed E-state index contributed by atoms with van der Waals surface area (Å²) < 4.78 is 0. The minimum Gasteiger partial charge on any atom is -0.325 e. The molecule has 0 aromatic heterocycles. The molecule has 1 amide bonds. The van der Waals surface area contributed by atoms with Crippen LogP contribution in [-0.4, -0.2) is 25.0 Å². The Balaban J connectivity index is 1.99. The van der Waals surface area contributed by atoms with E-state index in [9.17, 15) is 4.79 Å². The first kappa shape index (κ1) is 14.5. The summed E-state index contributed by atoms with van der Waals surface area (Å²) in [5.74, 6) is 0.769. The molecule has 106 valence electrons. The molecule has 0 unspecified atom stereocenters. The van der Waals surface area contributed by atoms with Gasteiger partial charge >= 0.3 is 0 Å². The van der Waals surface area contributed by atoms with Gasteiger partial charge in [0.1, 0.15) is 6.07 Å². The smallest absolute Gasteiger partial charge is 0.282 e. The topological polar surface area (TPSA) is 57.3 Å². The minimum absolute atomic E-state index is 0.00254. The third-order valence-electron chi connectivity index (χ3n) is 4.23. The molecule has 4 heteroatoms. The van der Waals surface area contributed by atoms with Crippen LogP contribution in [-0.2, 0) is 4.79 Å². The Hall–Kier alpha value is -1.86. The van der Waals surface area contributed by atoms with E-state index in [0.717, 1.165) is 19.0 Å². The van der Waals surface area contributed by atoms with Crippen LogP contribution in [0.15, 0.2) is 24.3 Å². The summed E-state index contributed by atoms with van der Waals surface area (Å²) in [5, 5.41) is 11.9. The van der Waals surface area contributed by atoms with Crippen molar-refractivity contribution in [2.24, 2.45) is 5.92 Å². The van der Waals surface area contributed by atoms with Crippen LogP contribution in [0.4, 0.5) is 5.69 Å². The zero-order chi connectivity index (χ0) is 14.5. The number of piperidine rings is 1. The summed E-state index contributed by atoms with van der Waals surface area (Å²) in [6.07, 6.45) is 2.36. The molecule has 1 heterocycles. The van der Waals surface area contributed by atoms with Gasteiger partial charge in [-0.3, -0.25) is 4.79 Å². The van der Waals surface area contributed by atoms with E-state index in [0.29, 0.717) is 11.3 Å². The van der Waals surface area contributed by atoms with Gasteiger partial charge in [0.2, 0.25) is 0 Å². The van der Waals surface area contributed by atoms with Gasteiger partial charge in [-0.1, -0.05) is 19.1 Å². The molecule has 1 aliphatic rings. The first-order valence-electron chi connectivity index (χ1n) is 7.26. The summed E-state index contributed by atoms with van der Waals surface area (Å²) in [5.41, 5.74) is 1.12. The Labute approximate surface area is 120 Å². The number of hydrogen-bond acceptors (Lipinski definition) is 2. The number of nitrogens with one attached hydrogen (secondary N) is 2. The lowest BCUT2D eigenvalue weighted by molar-refractivity contribution is -0.919. The normalized spacial score (nSPS) is 23.6. The van der Waals surface area contributed by atoms with Crippen LogP contribution in [0.5, 0.6) is 0 Å². The molecule has 1 aromatic rings. The highest BCUT2D eigenvalue weighted by Gasteiger charge is 2.28. The maximum absolute atomic E-state index is 12.3. The van der Waals surface area contributed by atoms with E-state index < -0.39 is 0 Å². The van der Waals surface area contributed by atoms with Gasteiger partial charge in [0.15, 0.2) is 6.04 Å². The Morgan fingerprint density at radius 2 is 2.05 bits per heavy atom. The van der Waals surface area contributed by atoms with Crippen molar-refractivity contribution in [3.63, 3.8) is 0 Å². The molecule has 2 N–H and O–H groups in total. The molecule has 0 radical (unpaired) electrons. The van der Waals surface area contributed by atoms with Crippen LogP contribution >= 0.6 is 0 Å². The molecule has 1 atom stereocenters. The molecule has 20 heavy (non-hydrogen) atoms. The second-order valence-corrected chi connectivity index (χ2v) is 5.71. The highest BCUT2D eigenvalue weighted by Crippen LogP contribution is 2.13. The van der Waals surface area contributed by atoms with Gasteiger partial charge in [-0.2, -0.15) is 5.26 Å². The van der Waals surface area contributed by atoms with Crippen molar-refractivity contribution in [1.82, 2.24) is 0 Å². The number of hydrogen-bond donors (Lipinski definition) is 2. The lowest BCUT2D eigenvalue weighted by Gasteiger charge is -2.31. The lowest BCUT2D eigenvalue weighted by Crippen LogP contribution is -3.17. The van der Waals surface area contributed by atoms with Gasteiger partial charge in [-0.15, -0.1) is 0 Å². The quantitative estimate of drug-likeness (QED) is 0.868. The Kier molecular flexibility index (Phi) is 4.75. The van der Waals surface area contributed by atoms with Crippen molar-refractivity contribution in [2.45, 2.75) is 32.7 Å². The zero-order valence-electron chi connectivity index (χ0n) is 12.1. The number of carbonyl (C=O) groups is 1. The number of quaternary nitrogens is 1. The van der Waals surface area contributed by atoms with Crippen molar-refractivity contribution in [3.8, 4) is 6.07 Å². The number of likely N-dealkylation sites (tertiary alicyclic amines) is 1. The average Bonchev–Trinajstić information content (AvgIpc) is 2.48. The van der Waals surface area contributed by atoms with Crippen molar-refractivity contribution >= 4 is 11.6 Å². The van der Waals surface area contributed by atoms with Crippen molar-refractivity contribution in [1.29, 1.82) is 5.26 Å². The van der Waals surface area contributed by atoms with Gasteiger partial charge in [0.05, 0.1) is 24.3 Å². The first-order valence-corrected chi connectivity index (χ1v) is 7.26. The number of carbonyl (C=O) groups excluding carboxylic acids is 1. The van der Waals surface area contributed by atoms with Crippen molar-refractivity contribution in [3.05, 3.63) is 29.8 Å². The van der Waals surface area contributed by atoms with Crippen LogP contribution in [0.2, 0.25) is 0 Å². The van der Waals surface area contributed by atoms with E-state index in [4.69, 9.17) is 5.26 Å². The van der Waals surface area contributed by atoms with E-state index in [1.54, 1.807) is 18.2 Å². The zero-order valence-corrected chi connectivity index (χ0v) is 12.1. The second-order valence-electron chi connectivity index (χ2n) is 5.71. The molecule has 0 saturated carbocycles. The summed E-state index contributed by atoms with van der Waals surface area (Å²) in [6.45, 7) is 6.34. The highest BCUT2D eigenvalue weighted by atomic mass is 16.2. The van der Waals surface area contributed by atoms with Gasteiger partial charge < -0.3 is 10.2 Å². The Bertz CT molecular complexity index is 513. The molecule has 4 nitrogen and oxygen atoms in total. The first-order chi connectivity index (χ1) is 9.61. The Morgan fingerprint density at radius 1 is 1.40 bits per heavy atom. The lowest BCUT2D eigenvalue weighted by atomic mass is 9.98. The maximum atomic E-state index is 12.3. The second kappa shape index (κ2) is 6.53. The van der Waals surface area contributed by atoms with Crippen LogP contribution in [0.3, 0.4) is 0 Å². The fourth-order valence-electron chi connectivity index (χ4n) is 2.68. The average molecular weight is 272 g/mol. The number of para-hydroxylation sites is 1. The van der Waals surface area contributed by atoms with Gasteiger partial charge in [-0.05, 0) is 37.8 Å². The summed E-state index contributed by atoms with van der Waals surface area (Å²) in [6, 6.07) is 9.15. The molecule has 1 fully saturated rings. The van der Waals surface area contributed by atoms with Crippen molar-refractivity contribution < 1.29 is 9.69 Å². The molecule has 0 bridgehead atoms. The summed E-state index contributed by atoms with van der Waals surface area (Å²) >= 11 is 0. The molecular weight excluding hydrogens is 250 g/mol. The number of rotatable bonds is 3. The minimum atomic E-state index is -0.0748. The molecular formula is C16H22N3O+. The number of anilines is 1. The number of benzene rings is 1. The summed E-state index contributed by atoms with van der Waals surface area (Å²) in [7, 11) is 0. The van der Waals surface area contributed by atoms with Crippen LogP contribution in [0, 0.1) is 17.2 Å². The van der Waals surface area contributed by atoms with Gasteiger partial charge in [-0.25, -0.2) is 0 Å². The van der Waals surface area contributed by atoms with Crippen LogP contribution < -0.4 is 10.2 Å². The van der Waals surface area contributed by atoms with Gasteiger partial charge in [0.25, 0.3) is 5.91 Å². The number of amides is 1. The largest absolute Gasteiger partial charge is 0.325 e. The van der Waals surface area contributed by atoms with E-state index in [2.05, 4.69) is 18.3 Å². The molecule has 0 spiro atoms. The van der Waals surface area contributed by atoms with Crippen LogP contribution in [0.25, 0.3) is 0 Å². The van der Waals surface area contributed by atoms with Crippen molar-refractivity contribution in [2.75, 3.05) is 18.4 Å². The SMILES string of the molecule is CC1CC[NH+]([C@@H](C)C(=O)Nc2ccccc2C#N)CC1. The third kappa shape index (κ3) is 3.37. The fraction of sp³-hybridized carbons (Fsp3) is 0.500. The van der Waals surface area contributed by atoms with E-state index in [1.807, 2.05) is 13.0 Å². The fourth-order valence-corrected chi connectivity index (χ4v) is 2.68. The number of nitriles is 1. The van der Waals surface area contributed by atoms with E-state index >= 15 is 0 Å². The predicted octanol–water partition coefficient (Wildman–Crippen LogP) is 1.20. The standard InChI is InChI=1S/C16H21N3O/c1-12-7-9-19(10-8-12)13(2)16(20)18-15-6-4-3-5-14(15)11-17/h3-6,12-13H,7-10H2,1-2H3,(H,18,20)/p+1/t13-/m0/s1. The van der Waals surface area contributed by atoms with E-state index in [1.165, 1.54) is 17.7 Å². The van der Waals surface area contributed by atoms with Crippen LogP contribution in [0.1, 0.15) is 32.3 Å². The Morgan fingerprint density at radius 3 is 2.70 bits per heavy atom.